The van der Waals surface area contributed by atoms with E-state index in [1.54, 1.807) is 23.9 Å². The summed E-state index contributed by atoms with van der Waals surface area (Å²) in [5, 5.41) is 13.9. The highest BCUT2D eigenvalue weighted by molar-refractivity contribution is 6.31. The van der Waals surface area contributed by atoms with Crippen LogP contribution in [0.15, 0.2) is 54.6 Å². The molecule has 2 aromatic carbocycles. The molecule has 0 aliphatic carbocycles. The molecule has 0 bridgehead atoms. The zero-order chi connectivity index (χ0) is 20.1. The summed E-state index contributed by atoms with van der Waals surface area (Å²) in [5.74, 6) is -0.460. The van der Waals surface area contributed by atoms with Crippen molar-refractivity contribution >= 4 is 23.6 Å². The normalized spacial score (nSPS) is 10.8. The number of carbonyl (C=O) groups excluding carboxylic acids is 1. The van der Waals surface area contributed by atoms with Crippen LogP contribution in [0.4, 0.5) is 0 Å². The van der Waals surface area contributed by atoms with Crippen molar-refractivity contribution in [2.24, 2.45) is 7.05 Å². The van der Waals surface area contributed by atoms with E-state index in [2.05, 4.69) is 11.2 Å². The molecule has 3 aromatic rings. The van der Waals surface area contributed by atoms with Crippen molar-refractivity contribution in [2.45, 2.75) is 13.5 Å². The first-order valence-electron chi connectivity index (χ1n) is 8.62. The van der Waals surface area contributed by atoms with Gasteiger partial charge in [0.05, 0.1) is 17.3 Å². The maximum atomic E-state index is 12.0. The van der Waals surface area contributed by atoms with Crippen molar-refractivity contribution in [3.63, 3.8) is 0 Å². The van der Waals surface area contributed by atoms with Crippen LogP contribution in [-0.4, -0.2) is 15.7 Å². The van der Waals surface area contributed by atoms with Gasteiger partial charge >= 0.3 is 5.97 Å². The summed E-state index contributed by atoms with van der Waals surface area (Å²) in [6, 6.07) is 17.2. The Labute approximate surface area is 168 Å². The Balaban J connectivity index is 1.63. The number of benzene rings is 2. The first-order valence-corrected chi connectivity index (χ1v) is 8.99. The summed E-state index contributed by atoms with van der Waals surface area (Å²) in [6.45, 7) is 1.98. The van der Waals surface area contributed by atoms with E-state index in [9.17, 15) is 10.1 Å². The highest BCUT2D eigenvalue weighted by atomic mass is 35.5. The molecule has 5 nitrogen and oxygen atoms in total. The van der Waals surface area contributed by atoms with Crippen molar-refractivity contribution in [1.29, 1.82) is 5.26 Å². The van der Waals surface area contributed by atoms with Crippen LogP contribution in [0.1, 0.15) is 22.4 Å². The van der Waals surface area contributed by atoms with Crippen LogP contribution in [0.5, 0.6) is 0 Å². The molecule has 0 aliphatic heterocycles. The molecule has 28 heavy (non-hydrogen) atoms. The predicted molar refractivity (Wildman–Crippen MR) is 108 cm³/mol. The Hall–Kier alpha value is -3.36. The Morgan fingerprint density at radius 1 is 1.25 bits per heavy atom. The standard InChI is InChI=1S/C22H18ClN3O2/c1-15-19(22(23)26(2)25-15)11-12-21(27)28-14-16-7-9-17(10-8-16)20-6-4-3-5-18(20)13-24/h3-12H,14H2,1-2H3/b12-11+. The molecular formula is C22H18ClN3O2. The van der Waals surface area contributed by atoms with Crippen molar-refractivity contribution in [3.05, 3.63) is 82.1 Å². The first-order chi connectivity index (χ1) is 13.5. The molecule has 0 atom stereocenters. The smallest absolute Gasteiger partial charge is 0.331 e. The van der Waals surface area contributed by atoms with Gasteiger partial charge in [-0.2, -0.15) is 10.4 Å². The SMILES string of the molecule is Cc1nn(C)c(Cl)c1/C=C/C(=O)OCc1ccc(-c2ccccc2C#N)cc1. The molecule has 140 valence electrons. The minimum Gasteiger partial charge on any atom is -0.458 e. The third kappa shape index (κ3) is 4.30. The van der Waals surface area contributed by atoms with Crippen LogP contribution in [0.2, 0.25) is 5.15 Å². The van der Waals surface area contributed by atoms with Crippen LogP contribution in [0.25, 0.3) is 17.2 Å². The van der Waals surface area contributed by atoms with Crippen molar-refractivity contribution in [3.8, 4) is 17.2 Å². The summed E-state index contributed by atoms with van der Waals surface area (Å²) in [4.78, 5) is 12.0. The number of ether oxygens (including phenoxy) is 1. The molecule has 0 aliphatic rings. The third-order valence-electron chi connectivity index (χ3n) is 4.28. The molecule has 0 unspecified atom stereocenters. The number of aromatic nitrogens is 2. The number of nitrogens with zero attached hydrogens (tertiary/aromatic N) is 3. The Bertz CT molecular complexity index is 1080. The molecule has 1 aromatic heterocycles. The van der Waals surface area contributed by atoms with Gasteiger partial charge in [0, 0.05) is 18.7 Å². The van der Waals surface area contributed by atoms with Gasteiger partial charge in [0.2, 0.25) is 0 Å². The van der Waals surface area contributed by atoms with Crippen LogP contribution in [-0.2, 0) is 23.2 Å². The lowest BCUT2D eigenvalue weighted by atomic mass is 9.99. The fraction of sp³-hybridized carbons (Fsp3) is 0.136. The summed E-state index contributed by atoms with van der Waals surface area (Å²) in [6.07, 6.45) is 2.95. The van der Waals surface area contributed by atoms with Gasteiger partial charge in [-0.25, -0.2) is 4.79 Å². The highest BCUT2D eigenvalue weighted by Crippen LogP contribution is 2.24. The molecule has 6 heteroatoms. The zero-order valence-corrected chi connectivity index (χ0v) is 16.3. The van der Waals surface area contributed by atoms with Crippen molar-refractivity contribution in [2.75, 3.05) is 0 Å². The minimum absolute atomic E-state index is 0.156. The first kappa shape index (κ1) is 19.4. The van der Waals surface area contributed by atoms with Gasteiger partial charge < -0.3 is 4.74 Å². The summed E-state index contributed by atoms with van der Waals surface area (Å²) in [5.41, 5.74) is 4.73. The van der Waals surface area contributed by atoms with Gasteiger partial charge in [-0.05, 0) is 35.8 Å². The number of aryl methyl sites for hydroxylation is 2. The fourth-order valence-corrected chi connectivity index (χ4v) is 3.04. The second-order valence-corrected chi connectivity index (χ2v) is 6.57. The second kappa shape index (κ2) is 8.55. The lowest BCUT2D eigenvalue weighted by Gasteiger charge is -2.06. The van der Waals surface area contributed by atoms with Crippen LogP contribution in [0, 0.1) is 18.3 Å². The number of carbonyl (C=O) groups is 1. The third-order valence-corrected chi connectivity index (χ3v) is 4.72. The maximum Gasteiger partial charge on any atom is 0.331 e. The number of hydrogen-bond acceptors (Lipinski definition) is 4. The van der Waals surface area contributed by atoms with Gasteiger partial charge in [-0.1, -0.05) is 54.1 Å². The monoisotopic (exact) mass is 391 g/mol. The molecular weight excluding hydrogens is 374 g/mol. The van der Waals surface area contributed by atoms with E-state index < -0.39 is 5.97 Å². The van der Waals surface area contributed by atoms with Gasteiger partial charge in [0.1, 0.15) is 11.8 Å². The van der Waals surface area contributed by atoms with Gasteiger partial charge in [-0.3, -0.25) is 4.68 Å². The summed E-state index contributed by atoms with van der Waals surface area (Å²) >= 11 is 6.13. The molecule has 0 saturated heterocycles. The van der Waals surface area contributed by atoms with Crippen molar-refractivity contribution < 1.29 is 9.53 Å². The molecule has 0 N–H and O–H groups in total. The molecule has 3 rings (SSSR count). The minimum atomic E-state index is -0.460. The predicted octanol–water partition coefficient (Wildman–Crippen LogP) is 4.68. The quantitative estimate of drug-likeness (QED) is 0.468. The number of esters is 1. The highest BCUT2D eigenvalue weighted by Gasteiger charge is 2.09. The average molecular weight is 392 g/mol. The molecule has 0 radical (unpaired) electrons. The lowest BCUT2D eigenvalue weighted by Crippen LogP contribution is -2.00. The summed E-state index contributed by atoms with van der Waals surface area (Å²) < 4.78 is 6.83. The van der Waals surface area contributed by atoms with Crippen LogP contribution < -0.4 is 0 Å². The molecule has 0 amide bonds. The van der Waals surface area contributed by atoms with E-state index >= 15 is 0 Å². The van der Waals surface area contributed by atoms with Gasteiger partial charge in [-0.15, -0.1) is 0 Å². The largest absolute Gasteiger partial charge is 0.458 e. The Morgan fingerprint density at radius 2 is 1.96 bits per heavy atom. The second-order valence-electron chi connectivity index (χ2n) is 6.21. The molecule has 1 heterocycles. The van der Waals surface area contributed by atoms with E-state index in [1.165, 1.54) is 6.08 Å². The molecule has 0 fully saturated rings. The van der Waals surface area contributed by atoms with E-state index in [-0.39, 0.29) is 6.61 Å². The van der Waals surface area contributed by atoms with E-state index in [4.69, 9.17) is 16.3 Å². The maximum absolute atomic E-state index is 12.0. The topological polar surface area (TPSA) is 67.9 Å². The molecule has 0 saturated carbocycles. The van der Waals surface area contributed by atoms with E-state index in [1.807, 2.05) is 49.4 Å². The van der Waals surface area contributed by atoms with Crippen molar-refractivity contribution in [1.82, 2.24) is 9.78 Å². The van der Waals surface area contributed by atoms with Gasteiger partial charge in [0.25, 0.3) is 0 Å². The number of halogens is 1. The molecule has 0 spiro atoms. The van der Waals surface area contributed by atoms with Crippen LogP contribution in [0.3, 0.4) is 0 Å². The lowest BCUT2D eigenvalue weighted by molar-refractivity contribution is -0.138. The zero-order valence-electron chi connectivity index (χ0n) is 15.5. The Morgan fingerprint density at radius 3 is 2.61 bits per heavy atom. The van der Waals surface area contributed by atoms with E-state index in [0.717, 1.165) is 22.4 Å². The number of hydrogen-bond donors (Lipinski definition) is 0. The average Bonchev–Trinajstić information content (AvgIpc) is 2.96. The van der Waals surface area contributed by atoms with Gasteiger partial charge in [0.15, 0.2) is 0 Å². The van der Waals surface area contributed by atoms with E-state index in [0.29, 0.717) is 16.3 Å². The number of rotatable bonds is 5. The fourth-order valence-electron chi connectivity index (χ4n) is 2.80. The Kier molecular flexibility index (Phi) is 5.93. The summed E-state index contributed by atoms with van der Waals surface area (Å²) in [7, 11) is 1.74. The number of nitriles is 1. The van der Waals surface area contributed by atoms with Crippen LogP contribution >= 0.6 is 11.6 Å².